The van der Waals surface area contributed by atoms with Crippen molar-refractivity contribution in [2.45, 2.75) is 114 Å². The van der Waals surface area contributed by atoms with Gasteiger partial charge in [-0.05, 0) is 24.1 Å². The summed E-state index contributed by atoms with van der Waals surface area (Å²) in [4.78, 5) is 11.4. The van der Waals surface area contributed by atoms with Gasteiger partial charge in [-0.25, -0.2) is 0 Å². The standard InChI is InChI=1S/C24H40O5S/c1-2-3-4-5-6-7-8-9-10-11-12-13-14-15-16-23(24(25)26)21-17-19-22(20-18-21)30(27,28)29/h17-20,23H,2-16H2,1H3,(H,25,26)(H,27,28,29). The summed E-state index contributed by atoms with van der Waals surface area (Å²) < 4.78 is 31.2. The quantitative estimate of drug-likeness (QED) is 0.190. The third-order valence-electron chi connectivity index (χ3n) is 5.72. The number of carbonyl (C=O) groups is 1. The molecule has 30 heavy (non-hydrogen) atoms. The predicted octanol–water partition coefficient (Wildman–Crippen LogP) is 6.97. The Hall–Kier alpha value is -1.40. The number of carboxylic acids is 1. The Labute approximate surface area is 183 Å². The fourth-order valence-electron chi connectivity index (χ4n) is 3.85. The lowest BCUT2D eigenvalue weighted by Gasteiger charge is -2.13. The van der Waals surface area contributed by atoms with E-state index in [0.29, 0.717) is 12.0 Å². The van der Waals surface area contributed by atoms with Crippen molar-refractivity contribution in [2.24, 2.45) is 0 Å². The molecule has 0 heterocycles. The van der Waals surface area contributed by atoms with Crippen molar-refractivity contribution in [2.75, 3.05) is 0 Å². The predicted molar refractivity (Wildman–Crippen MR) is 122 cm³/mol. The van der Waals surface area contributed by atoms with Crippen LogP contribution < -0.4 is 0 Å². The van der Waals surface area contributed by atoms with Crippen molar-refractivity contribution in [1.29, 1.82) is 0 Å². The Morgan fingerprint density at radius 1 is 0.767 bits per heavy atom. The van der Waals surface area contributed by atoms with Gasteiger partial charge in [0.15, 0.2) is 0 Å². The first-order valence-corrected chi connectivity index (χ1v) is 13.1. The van der Waals surface area contributed by atoms with Crippen LogP contribution in [-0.4, -0.2) is 24.0 Å². The van der Waals surface area contributed by atoms with Gasteiger partial charge in [-0.1, -0.05) is 109 Å². The number of hydrogen-bond acceptors (Lipinski definition) is 3. The van der Waals surface area contributed by atoms with Crippen LogP contribution in [0.15, 0.2) is 29.2 Å². The Balaban J connectivity index is 2.13. The molecule has 0 saturated heterocycles. The van der Waals surface area contributed by atoms with Gasteiger partial charge in [-0.15, -0.1) is 0 Å². The fourth-order valence-corrected chi connectivity index (χ4v) is 4.33. The zero-order valence-electron chi connectivity index (χ0n) is 18.5. The van der Waals surface area contributed by atoms with Crippen LogP contribution in [0.4, 0.5) is 0 Å². The number of hydrogen-bond donors (Lipinski definition) is 2. The van der Waals surface area contributed by atoms with Gasteiger partial charge in [0.1, 0.15) is 0 Å². The molecule has 0 aliphatic rings. The second-order valence-corrected chi connectivity index (χ2v) is 9.74. The number of unbranched alkanes of at least 4 members (excludes halogenated alkanes) is 13. The van der Waals surface area contributed by atoms with Crippen molar-refractivity contribution in [3.05, 3.63) is 29.8 Å². The number of aliphatic carboxylic acids is 1. The van der Waals surface area contributed by atoms with Gasteiger partial charge in [0.2, 0.25) is 0 Å². The Morgan fingerprint density at radius 3 is 1.53 bits per heavy atom. The van der Waals surface area contributed by atoms with Crippen LogP contribution in [0, 0.1) is 0 Å². The largest absolute Gasteiger partial charge is 0.481 e. The van der Waals surface area contributed by atoms with E-state index in [0.717, 1.165) is 19.3 Å². The molecule has 0 spiro atoms. The molecule has 1 aromatic carbocycles. The molecular formula is C24H40O5S. The normalized spacial score (nSPS) is 12.7. The molecule has 0 aliphatic carbocycles. The summed E-state index contributed by atoms with van der Waals surface area (Å²) in [7, 11) is -4.26. The van der Waals surface area contributed by atoms with E-state index in [1.165, 1.54) is 94.9 Å². The molecule has 2 N–H and O–H groups in total. The Kier molecular flexibility index (Phi) is 13.7. The minimum Gasteiger partial charge on any atom is -0.481 e. The summed E-state index contributed by atoms with van der Waals surface area (Å²) in [6, 6.07) is 5.47. The van der Waals surface area contributed by atoms with Crippen LogP contribution in [0.3, 0.4) is 0 Å². The van der Waals surface area contributed by atoms with Gasteiger partial charge in [-0.2, -0.15) is 8.42 Å². The molecular weight excluding hydrogens is 400 g/mol. The summed E-state index contributed by atoms with van der Waals surface area (Å²) in [5, 5.41) is 9.49. The average Bonchev–Trinajstić information content (AvgIpc) is 2.70. The van der Waals surface area contributed by atoms with E-state index in [9.17, 15) is 18.3 Å². The molecule has 1 unspecified atom stereocenters. The Morgan fingerprint density at radius 2 is 1.17 bits per heavy atom. The summed E-state index contributed by atoms with van der Waals surface area (Å²) in [6.07, 6.45) is 18.2. The molecule has 172 valence electrons. The van der Waals surface area contributed by atoms with Crippen molar-refractivity contribution < 1.29 is 22.9 Å². The molecule has 0 aromatic heterocycles. The lowest BCUT2D eigenvalue weighted by molar-refractivity contribution is -0.139. The topological polar surface area (TPSA) is 91.7 Å². The summed E-state index contributed by atoms with van der Waals surface area (Å²) in [6.45, 7) is 2.25. The lowest BCUT2D eigenvalue weighted by Crippen LogP contribution is -2.12. The van der Waals surface area contributed by atoms with E-state index in [2.05, 4.69) is 6.92 Å². The average molecular weight is 441 g/mol. The molecule has 0 fully saturated rings. The maximum atomic E-state index is 11.6. The van der Waals surface area contributed by atoms with E-state index < -0.39 is 22.0 Å². The lowest BCUT2D eigenvalue weighted by atomic mass is 9.93. The molecule has 5 nitrogen and oxygen atoms in total. The second-order valence-electron chi connectivity index (χ2n) is 8.32. The summed E-state index contributed by atoms with van der Waals surface area (Å²) in [5.41, 5.74) is 0.574. The van der Waals surface area contributed by atoms with Gasteiger partial charge in [0, 0.05) is 0 Å². The minimum absolute atomic E-state index is 0.216. The minimum atomic E-state index is -4.26. The molecule has 0 aliphatic heterocycles. The number of benzene rings is 1. The SMILES string of the molecule is CCCCCCCCCCCCCCCCC(C(=O)O)c1ccc(S(=O)(=O)O)cc1. The fraction of sp³-hybridized carbons (Fsp3) is 0.708. The molecule has 0 radical (unpaired) electrons. The summed E-state index contributed by atoms with van der Waals surface area (Å²) >= 11 is 0. The van der Waals surface area contributed by atoms with E-state index in [1.807, 2.05) is 0 Å². The van der Waals surface area contributed by atoms with Crippen LogP contribution in [0.1, 0.15) is 115 Å². The van der Waals surface area contributed by atoms with Gasteiger partial charge >= 0.3 is 5.97 Å². The highest BCUT2D eigenvalue weighted by Gasteiger charge is 2.20. The third kappa shape index (κ3) is 11.7. The van der Waals surface area contributed by atoms with Gasteiger partial charge < -0.3 is 5.11 Å². The van der Waals surface area contributed by atoms with Gasteiger partial charge in [-0.3, -0.25) is 9.35 Å². The third-order valence-corrected chi connectivity index (χ3v) is 6.59. The highest BCUT2D eigenvalue weighted by molar-refractivity contribution is 7.85. The first kappa shape index (κ1) is 26.6. The molecule has 0 bridgehead atoms. The van der Waals surface area contributed by atoms with Gasteiger partial charge in [0.05, 0.1) is 10.8 Å². The monoisotopic (exact) mass is 440 g/mol. The van der Waals surface area contributed by atoms with E-state index in [-0.39, 0.29) is 4.90 Å². The molecule has 1 rings (SSSR count). The second kappa shape index (κ2) is 15.4. The van der Waals surface area contributed by atoms with Crippen molar-refractivity contribution in [3.63, 3.8) is 0 Å². The smallest absolute Gasteiger partial charge is 0.310 e. The van der Waals surface area contributed by atoms with Gasteiger partial charge in [0.25, 0.3) is 10.1 Å². The molecule has 6 heteroatoms. The van der Waals surface area contributed by atoms with E-state index in [1.54, 1.807) is 0 Å². The molecule has 0 saturated carbocycles. The highest BCUT2D eigenvalue weighted by atomic mass is 32.2. The van der Waals surface area contributed by atoms with Crippen LogP contribution in [0.2, 0.25) is 0 Å². The molecule has 0 amide bonds. The highest BCUT2D eigenvalue weighted by Crippen LogP contribution is 2.25. The van der Waals surface area contributed by atoms with Crippen molar-refractivity contribution in [3.8, 4) is 0 Å². The van der Waals surface area contributed by atoms with Crippen LogP contribution in [0.25, 0.3) is 0 Å². The maximum Gasteiger partial charge on any atom is 0.310 e. The first-order chi connectivity index (χ1) is 14.4. The zero-order chi connectivity index (χ0) is 22.2. The van der Waals surface area contributed by atoms with Crippen molar-refractivity contribution in [1.82, 2.24) is 0 Å². The summed E-state index contributed by atoms with van der Waals surface area (Å²) in [5.74, 6) is -1.54. The first-order valence-electron chi connectivity index (χ1n) is 11.7. The number of carboxylic acid groups (broad SMARTS) is 1. The van der Waals surface area contributed by atoms with Crippen LogP contribution in [0.5, 0.6) is 0 Å². The van der Waals surface area contributed by atoms with Crippen LogP contribution in [-0.2, 0) is 14.9 Å². The Bertz CT molecular complexity index is 682. The molecule has 1 atom stereocenters. The van der Waals surface area contributed by atoms with E-state index in [4.69, 9.17) is 4.55 Å². The zero-order valence-corrected chi connectivity index (χ0v) is 19.3. The maximum absolute atomic E-state index is 11.6. The molecule has 1 aromatic rings. The van der Waals surface area contributed by atoms with E-state index >= 15 is 0 Å². The van der Waals surface area contributed by atoms with Crippen molar-refractivity contribution >= 4 is 16.1 Å². The number of rotatable bonds is 18. The van der Waals surface area contributed by atoms with Crippen LogP contribution >= 0.6 is 0 Å².